The van der Waals surface area contributed by atoms with Gasteiger partial charge in [-0.05, 0) is 56.2 Å². The molecule has 0 bridgehead atoms. The third-order valence-electron chi connectivity index (χ3n) is 4.73. The second-order valence-electron chi connectivity index (χ2n) is 6.27. The summed E-state index contributed by atoms with van der Waals surface area (Å²) in [5, 5.41) is 5.07. The van der Waals surface area contributed by atoms with E-state index < -0.39 is 0 Å². The minimum absolute atomic E-state index is 0.0125. The first kappa shape index (κ1) is 18.1. The van der Waals surface area contributed by atoms with E-state index >= 15 is 0 Å². The van der Waals surface area contributed by atoms with Crippen molar-refractivity contribution in [1.82, 2.24) is 10.2 Å². The van der Waals surface area contributed by atoms with Crippen molar-refractivity contribution in [2.75, 3.05) is 13.1 Å². The third-order valence-corrected chi connectivity index (χ3v) is 6.83. The molecule has 3 rings (SSSR count). The number of hydrogen-bond donors (Lipinski definition) is 1. The molecule has 6 heteroatoms. The van der Waals surface area contributed by atoms with E-state index in [4.69, 9.17) is 0 Å². The van der Waals surface area contributed by atoms with E-state index in [0.29, 0.717) is 6.54 Å². The van der Waals surface area contributed by atoms with E-state index in [0.717, 1.165) is 37.2 Å². The van der Waals surface area contributed by atoms with Crippen molar-refractivity contribution in [3.05, 3.63) is 43.8 Å². The van der Waals surface area contributed by atoms with Gasteiger partial charge in [0.25, 0.3) is 5.91 Å². The summed E-state index contributed by atoms with van der Waals surface area (Å²) in [6, 6.07) is 6.05. The highest BCUT2D eigenvalue weighted by Crippen LogP contribution is 2.33. The van der Waals surface area contributed by atoms with E-state index in [2.05, 4.69) is 5.32 Å². The fourth-order valence-corrected chi connectivity index (χ4v) is 5.07. The maximum absolute atomic E-state index is 12.5. The zero-order chi connectivity index (χ0) is 17.8. The highest BCUT2D eigenvalue weighted by Gasteiger charge is 2.28. The van der Waals surface area contributed by atoms with Crippen LogP contribution in [-0.4, -0.2) is 29.8 Å². The number of hydrogen-bond acceptors (Lipinski definition) is 4. The third kappa shape index (κ3) is 4.12. The lowest BCUT2D eigenvalue weighted by Crippen LogP contribution is -2.33. The Morgan fingerprint density at radius 1 is 1.32 bits per heavy atom. The number of aryl methyl sites for hydroxylation is 1. The number of carbonyl (C=O) groups is 2. The average molecular weight is 377 g/mol. The van der Waals surface area contributed by atoms with Gasteiger partial charge in [0.15, 0.2) is 0 Å². The molecule has 0 spiro atoms. The highest BCUT2D eigenvalue weighted by molar-refractivity contribution is 7.14. The molecule has 0 aliphatic heterocycles. The molecular weight excluding hydrogens is 352 g/mol. The molecule has 1 aliphatic carbocycles. The molecule has 2 heterocycles. The first-order valence-electron chi connectivity index (χ1n) is 8.83. The Morgan fingerprint density at radius 2 is 2.12 bits per heavy atom. The fraction of sp³-hybridized carbons (Fsp3) is 0.474. The first-order valence-corrected chi connectivity index (χ1v) is 10.5. The smallest absolute Gasteiger partial charge is 0.263 e. The van der Waals surface area contributed by atoms with Crippen molar-refractivity contribution in [3.8, 4) is 0 Å². The molecular formula is C19H24N2O2S2. The second kappa shape index (κ2) is 8.15. The van der Waals surface area contributed by atoms with Gasteiger partial charge in [-0.25, -0.2) is 0 Å². The van der Waals surface area contributed by atoms with Crippen LogP contribution in [0.3, 0.4) is 0 Å². The molecule has 0 saturated carbocycles. The minimum Gasteiger partial charge on any atom is -0.351 e. The number of carbonyl (C=O) groups excluding carboxylic acids is 2. The summed E-state index contributed by atoms with van der Waals surface area (Å²) >= 11 is 3.26. The summed E-state index contributed by atoms with van der Waals surface area (Å²) in [4.78, 5) is 30.1. The van der Waals surface area contributed by atoms with Crippen LogP contribution < -0.4 is 5.32 Å². The van der Waals surface area contributed by atoms with Gasteiger partial charge in [-0.2, -0.15) is 0 Å². The SMILES string of the molecule is CCN(CC)C(=O)c1cc2c(s1)CC[C@H](C(=O)NCc1cccs1)C2. The van der Waals surface area contributed by atoms with Gasteiger partial charge in [0.2, 0.25) is 5.91 Å². The van der Waals surface area contributed by atoms with Crippen LogP contribution in [0.1, 0.15) is 45.3 Å². The summed E-state index contributed by atoms with van der Waals surface area (Å²) in [6.45, 7) is 6.07. The highest BCUT2D eigenvalue weighted by atomic mass is 32.1. The van der Waals surface area contributed by atoms with Crippen molar-refractivity contribution in [2.24, 2.45) is 5.92 Å². The molecule has 0 saturated heterocycles. The summed E-state index contributed by atoms with van der Waals surface area (Å²) < 4.78 is 0. The summed E-state index contributed by atoms with van der Waals surface area (Å²) in [5.41, 5.74) is 1.18. The Labute approximate surface area is 156 Å². The van der Waals surface area contributed by atoms with Gasteiger partial charge in [0.05, 0.1) is 11.4 Å². The standard InChI is InChI=1S/C19H24N2O2S2/c1-3-21(4-2)19(23)17-11-14-10-13(7-8-16(14)25-17)18(22)20-12-15-6-5-9-24-15/h5-6,9,11,13H,3-4,7-8,10,12H2,1-2H3,(H,20,22)/t13-/m0/s1. The maximum atomic E-state index is 12.5. The monoisotopic (exact) mass is 376 g/mol. The minimum atomic E-state index is 0.0125. The molecule has 134 valence electrons. The Balaban J connectivity index is 1.63. The molecule has 2 aromatic heterocycles. The van der Waals surface area contributed by atoms with Crippen LogP contribution in [0.2, 0.25) is 0 Å². The summed E-state index contributed by atoms with van der Waals surface area (Å²) in [7, 11) is 0. The van der Waals surface area contributed by atoms with Gasteiger partial charge >= 0.3 is 0 Å². The summed E-state index contributed by atoms with van der Waals surface area (Å²) in [6.07, 6.45) is 2.50. The largest absolute Gasteiger partial charge is 0.351 e. The number of fused-ring (bicyclic) bond motifs is 1. The van der Waals surface area contributed by atoms with Crippen LogP contribution in [-0.2, 0) is 24.2 Å². The number of nitrogens with zero attached hydrogens (tertiary/aromatic N) is 1. The Hall–Kier alpha value is -1.66. The van der Waals surface area contributed by atoms with E-state index in [-0.39, 0.29) is 17.7 Å². The molecule has 1 atom stereocenters. The molecule has 4 nitrogen and oxygen atoms in total. The van der Waals surface area contributed by atoms with Crippen LogP contribution in [0.15, 0.2) is 23.6 Å². The van der Waals surface area contributed by atoms with Gasteiger partial charge in [-0.15, -0.1) is 22.7 Å². The maximum Gasteiger partial charge on any atom is 0.263 e. The molecule has 2 aromatic rings. The lowest BCUT2D eigenvalue weighted by molar-refractivity contribution is -0.125. The zero-order valence-electron chi connectivity index (χ0n) is 14.7. The molecule has 0 fully saturated rings. The van der Waals surface area contributed by atoms with Crippen molar-refractivity contribution in [2.45, 2.75) is 39.7 Å². The van der Waals surface area contributed by atoms with Crippen LogP contribution >= 0.6 is 22.7 Å². The lowest BCUT2D eigenvalue weighted by atomic mass is 9.87. The topological polar surface area (TPSA) is 49.4 Å². The van der Waals surface area contributed by atoms with Crippen LogP contribution in [0, 0.1) is 5.92 Å². The van der Waals surface area contributed by atoms with Gasteiger partial charge < -0.3 is 10.2 Å². The molecule has 0 aromatic carbocycles. The quantitative estimate of drug-likeness (QED) is 0.835. The van der Waals surface area contributed by atoms with E-state index in [9.17, 15) is 9.59 Å². The average Bonchev–Trinajstić information content (AvgIpc) is 3.29. The molecule has 1 N–H and O–H groups in total. The zero-order valence-corrected chi connectivity index (χ0v) is 16.3. The lowest BCUT2D eigenvalue weighted by Gasteiger charge is -2.21. The Bertz CT molecular complexity index is 733. The van der Waals surface area contributed by atoms with Crippen LogP contribution in [0.5, 0.6) is 0 Å². The molecule has 0 unspecified atom stereocenters. The number of thiophene rings is 2. The molecule has 1 aliphatic rings. The van der Waals surface area contributed by atoms with Crippen molar-refractivity contribution in [3.63, 3.8) is 0 Å². The molecule has 2 amide bonds. The Morgan fingerprint density at radius 3 is 2.80 bits per heavy atom. The Kier molecular flexibility index (Phi) is 5.91. The van der Waals surface area contributed by atoms with Crippen LogP contribution in [0.4, 0.5) is 0 Å². The summed E-state index contributed by atoms with van der Waals surface area (Å²) in [5.74, 6) is 0.253. The van der Waals surface area contributed by atoms with Gasteiger partial charge in [-0.3, -0.25) is 9.59 Å². The number of amides is 2. The number of nitrogens with one attached hydrogen (secondary N) is 1. The molecule has 25 heavy (non-hydrogen) atoms. The predicted octanol–water partition coefficient (Wildman–Crippen LogP) is 3.71. The second-order valence-corrected chi connectivity index (χ2v) is 8.44. The van der Waals surface area contributed by atoms with Crippen molar-refractivity contribution < 1.29 is 9.59 Å². The van der Waals surface area contributed by atoms with Gasteiger partial charge in [0.1, 0.15) is 0 Å². The number of rotatable bonds is 6. The molecule has 0 radical (unpaired) electrons. The van der Waals surface area contributed by atoms with Gasteiger partial charge in [0, 0.05) is 28.8 Å². The van der Waals surface area contributed by atoms with E-state index in [1.807, 2.05) is 42.3 Å². The fourth-order valence-electron chi connectivity index (χ4n) is 3.25. The van der Waals surface area contributed by atoms with Crippen LogP contribution in [0.25, 0.3) is 0 Å². The predicted molar refractivity (Wildman–Crippen MR) is 103 cm³/mol. The normalized spacial score (nSPS) is 16.3. The van der Waals surface area contributed by atoms with Crippen molar-refractivity contribution >= 4 is 34.5 Å². The van der Waals surface area contributed by atoms with E-state index in [1.165, 1.54) is 15.3 Å². The first-order chi connectivity index (χ1) is 12.1. The van der Waals surface area contributed by atoms with Crippen molar-refractivity contribution in [1.29, 1.82) is 0 Å². The van der Waals surface area contributed by atoms with E-state index in [1.54, 1.807) is 22.7 Å². The van der Waals surface area contributed by atoms with Gasteiger partial charge in [-0.1, -0.05) is 6.07 Å².